The van der Waals surface area contributed by atoms with E-state index in [0.29, 0.717) is 17.8 Å². The highest BCUT2D eigenvalue weighted by Gasteiger charge is 2.50. The van der Waals surface area contributed by atoms with Gasteiger partial charge in [-0.2, -0.15) is 0 Å². The molecule has 1 aromatic rings. The Kier molecular flexibility index (Phi) is 3.98. The van der Waals surface area contributed by atoms with E-state index >= 15 is 0 Å². The molecule has 21 heavy (non-hydrogen) atoms. The number of hydrogen-bond donors (Lipinski definition) is 2. The summed E-state index contributed by atoms with van der Waals surface area (Å²) in [5, 5.41) is 21.1. The van der Waals surface area contributed by atoms with Crippen molar-refractivity contribution in [3.05, 3.63) is 29.8 Å². The fourth-order valence-corrected chi connectivity index (χ4v) is 4.80. The summed E-state index contributed by atoms with van der Waals surface area (Å²) in [4.78, 5) is 2.27. The van der Waals surface area contributed by atoms with Crippen molar-refractivity contribution in [3.8, 4) is 5.75 Å². The van der Waals surface area contributed by atoms with Crippen LogP contribution in [0.3, 0.4) is 0 Å². The summed E-state index contributed by atoms with van der Waals surface area (Å²) in [6.07, 6.45) is 5.47. The van der Waals surface area contributed by atoms with Gasteiger partial charge in [0.25, 0.3) is 0 Å². The molecule has 2 N–H and O–H groups in total. The van der Waals surface area contributed by atoms with Crippen molar-refractivity contribution in [1.29, 1.82) is 0 Å². The maximum atomic E-state index is 11.4. The van der Waals surface area contributed by atoms with Gasteiger partial charge in [-0.25, -0.2) is 0 Å². The van der Waals surface area contributed by atoms with Crippen LogP contribution in [0, 0.1) is 17.8 Å². The molecule has 2 aliphatic carbocycles. The number of rotatable bonds is 3. The largest absolute Gasteiger partial charge is 0.508 e. The molecule has 3 nitrogen and oxygen atoms in total. The first-order valence-electron chi connectivity index (χ1n) is 8.17. The normalized spacial score (nSPS) is 35.9. The molecule has 0 radical (unpaired) electrons. The van der Waals surface area contributed by atoms with E-state index in [0.717, 1.165) is 31.4 Å². The quantitative estimate of drug-likeness (QED) is 0.899. The fraction of sp³-hybridized carbons (Fsp3) is 0.667. The van der Waals surface area contributed by atoms with E-state index in [-0.39, 0.29) is 5.75 Å². The molecule has 4 atom stereocenters. The maximum Gasteiger partial charge on any atom is 0.115 e. The lowest BCUT2D eigenvalue weighted by Gasteiger charge is -2.43. The first-order chi connectivity index (χ1) is 10.0. The second-order valence-electron chi connectivity index (χ2n) is 7.24. The Balaban J connectivity index is 1.87. The van der Waals surface area contributed by atoms with Crippen LogP contribution in [0.25, 0.3) is 0 Å². The number of aromatic hydroxyl groups is 1. The monoisotopic (exact) mass is 289 g/mol. The maximum absolute atomic E-state index is 11.4. The lowest BCUT2D eigenvalue weighted by Crippen LogP contribution is -2.42. The van der Waals surface area contributed by atoms with Crippen LogP contribution in [0.15, 0.2) is 24.3 Å². The van der Waals surface area contributed by atoms with Gasteiger partial charge >= 0.3 is 0 Å². The van der Waals surface area contributed by atoms with Gasteiger partial charge in [0.15, 0.2) is 0 Å². The molecular formula is C18H27NO2. The first kappa shape index (κ1) is 14.9. The average molecular weight is 289 g/mol. The number of fused-ring (bicyclic) bond motifs is 1. The van der Waals surface area contributed by atoms with Gasteiger partial charge in [-0.1, -0.05) is 12.1 Å². The highest BCUT2D eigenvalue weighted by molar-refractivity contribution is 5.32. The van der Waals surface area contributed by atoms with E-state index in [4.69, 9.17) is 0 Å². The summed E-state index contributed by atoms with van der Waals surface area (Å²) in [5.41, 5.74) is 0.158. The van der Waals surface area contributed by atoms with Gasteiger partial charge < -0.3 is 15.1 Å². The van der Waals surface area contributed by atoms with Crippen molar-refractivity contribution in [2.45, 2.75) is 37.7 Å². The lowest BCUT2D eigenvalue weighted by molar-refractivity contribution is -0.0763. The molecule has 0 spiro atoms. The van der Waals surface area contributed by atoms with E-state index in [1.165, 1.54) is 12.8 Å². The van der Waals surface area contributed by atoms with Crippen LogP contribution in [0.2, 0.25) is 0 Å². The predicted octanol–water partition coefficient (Wildman–Crippen LogP) is 2.97. The Bertz CT molecular complexity index is 502. The fourth-order valence-electron chi connectivity index (χ4n) is 4.80. The lowest BCUT2D eigenvalue weighted by atomic mass is 9.66. The van der Waals surface area contributed by atoms with Crippen LogP contribution >= 0.6 is 0 Å². The molecule has 0 amide bonds. The molecule has 0 heterocycles. The third kappa shape index (κ3) is 2.69. The van der Waals surface area contributed by atoms with Crippen LogP contribution in [-0.4, -0.2) is 35.8 Å². The highest BCUT2D eigenvalue weighted by atomic mass is 16.3. The molecular weight excluding hydrogens is 262 g/mol. The molecule has 3 rings (SSSR count). The summed E-state index contributed by atoms with van der Waals surface area (Å²) in [7, 11) is 4.27. The van der Waals surface area contributed by atoms with Gasteiger partial charge in [0, 0.05) is 6.54 Å². The van der Waals surface area contributed by atoms with Crippen LogP contribution in [0.4, 0.5) is 0 Å². The van der Waals surface area contributed by atoms with Crippen LogP contribution < -0.4 is 0 Å². The summed E-state index contributed by atoms with van der Waals surface area (Å²) < 4.78 is 0. The molecule has 2 fully saturated rings. The second kappa shape index (κ2) is 5.62. The van der Waals surface area contributed by atoms with Crippen LogP contribution in [-0.2, 0) is 5.60 Å². The zero-order valence-corrected chi connectivity index (χ0v) is 13.1. The summed E-state index contributed by atoms with van der Waals surface area (Å²) in [5.74, 6) is 1.92. The van der Waals surface area contributed by atoms with E-state index < -0.39 is 5.60 Å². The Morgan fingerprint density at radius 3 is 2.76 bits per heavy atom. The van der Waals surface area contributed by atoms with E-state index in [2.05, 4.69) is 19.0 Å². The zero-order valence-electron chi connectivity index (χ0n) is 13.1. The molecule has 1 aromatic carbocycles. The second-order valence-corrected chi connectivity index (χ2v) is 7.24. The Hall–Kier alpha value is -1.06. The van der Waals surface area contributed by atoms with E-state index in [1.54, 1.807) is 12.1 Å². The molecule has 4 unspecified atom stereocenters. The van der Waals surface area contributed by atoms with E-state index in [9.17, 15) is 10.2 Å². The molecule has 0 saturated heterocycles. The van der Waals surface area contributed by atoms with Crippen molar-refractivity contribution in [2.75, 3.05) is 20.6 Å². The van der Waals surface area contributed by atoms with Gasteiger partial charge in [0.05, 0.1) is 5.60 Å². The van der Waals surface area contributed by atoms with Gasteiger partial charge in [-0.05, 0) is 81.6 Å². The SMILES string of the molecule is CN(C)CC1CCC2C1CCCC2(O)c1cccc(O)c1. The number of hydrogen-bond acceptors (Lipinski definition) is 3. The number of phenolic OH excluding ortho intramolecular Hbond substituents is 1. The summed E-state index contributed by atoms with van der Waals surface area (Å²) >= 11 is 0. The summed E-state index contributed by atoms with van der Waals surface area (Å²) in [6.45, 7) is 1.12. The molecule has 3 heteroatoms. The predicted molar refractivity (Wildman–Crippen MR) is 84.1 cm³/mol. The third-order valence-electron chi connectivity index (χ3n) is 5.63. The van der Waals surface area contributed by atoms with Crippen LogP contribution in [0.1, 0.15) is 37.7 Å². The van der Waals surface area contributed by atoms with Crippen molar-refractivity contribution in [1.82, 2.24) is 4.90 Å². The average Bonchev–Trinajstić information content (AvgIpc) is 2.83. The third-order valence-corrected chi connectivity index (χ3v) is 5.63. The minimum atomic E-state index is -0.747. The smallest absolute Gasteiger partial charge is 0.115 e. The van der Waals surface area contributed by atoms with Crippen molar-refractivity contribution >= 4 is 0 Å². The van der Waals surface area contributed by atoms with Crippen LogP contribution in [0.5, 0.6) is 5.75 Å². The Labute approximate surface area is 127 Å². The molecule has 2 aliphatic rings. The van der Waals surface area contributed by atoms with Gasteiger partial charge in [0.2, 0.25) is 0 Å². The number of aliphatic hydroxyl groups is 1. The first-order valence-corrected chi connectivity index (χ1v) is 8.17. The van der Waals surface area contributed by atoms with Crippen molar-refractivity contribution < 1.29 is 10.2 Å². The number of benzene rings is 1. The zero-order chi connectivity index (χ0) is 15.0. The van der Waals surface area contributed by atoms with Crippen molar-refractivity contribution in [3.63, 3.8) is 0 Å². The van der Waals surface area contributed by atoms with Crippen molar-refractivity contribution in [2.24, 2.45) is 17.8 Å². The van der Waals surface area contributed by atoms with Gasteiger partial charge in [-0.3, -0.25) is 0 Å². The Morgan fingerprint density at radius 1 is 1.24 bits per heavy atom. The summed E-state index contributed by atoms with van der Waals surface area (Å²) in [6, 6.07) is 7.25. The number of nitrogens with zero attached hydrogens (tertiary/aromatic N) is 1. The minimum absolute atomic E-state index is 0.255. The molecule has 0 aromatic heterocycles. The van der Waals surface area contributed by atoms with Gasteiger partial charge in [-0.15, -0.1) is 0 Å². The van der Waals surface area contributed by atoms with Gasteiger partial charge in [0.1, 0.15) is 5.75 Å². The number of phenols is 1. The molecule has 0 bridgehead atoms. The standard InChI is InChI=1S/C18H27NO2/c1-19(2)12-13-8-9-17-16(13)7-4-10-18(17,21)14-5-3-6-15(20)11-14/h3,5-6,11,13,16-17,20-21H,4,7-10,12H2,1-2H3. The molecule has 116 valence electrons. The molecule has 0 aliphatic heterocycles. The highest BCUT2D eigenvalue weighted by Crippen LogP contribution is 2.54. The Morgan fingerprint density at radius 2 is 2.05 bits per heavy atom. The minimum Gasteiger partial charge on any atom is -0.508 e. The van der Waals surface area contributed by atoms with E-state index in [1.807, 2.05) is 12.1 Å². The topological polar surface area (TPSA) is 43.7 Å². The molecule has 2 saturated carbocycles.